The van der Waals surface area contributed by atoms with Gasteiger partial charge in [-0.2, -0.15) is 0 Å². The maximum atomic E-state index is 5.44. The van der Waals surface area contributed by atoms with E-state index < -0.39 is 0 Å². The van der Waals surface area contributed by atoms with Crippen LogP contribution >= 0.6 is 0 Å². The van der Waals surface area contributed by atoms with E-state index in [2.05, 4.69) is 23.2 Å². The standard InChI is InChI=1S/C13H22N2O/c1-2-9-15(11-13-4-3-10-16-13)12-5-7-14-8-6-12/h3-4,10,12,14H,2,5-9,11H2,1H3. The number of furan rings is 1. The van der Waals surface area contributed by atoms with Crippen LogP contribution in [0.1, 0.15) is 31.9 Å². The molecule has 0 unspecified atom stereocenters. The summed E-state index contributed by atoms with van der Waals surface area (Å²) in [5.41, 5.74) is 0. The molecule has 1 aliphatic rings. The second kappa shape index (κ2) is 6.06. The number of nitrogens with zero attached hydrogens (tertiary/aromatic N) is 1. The van der Waals surface area contributed by atoms with Crippen LogP contribution in [-0.4, -0.2) is 30.6 Å². The summed E-state index contributed by atoms with van der Waals surface area (Å²) in [6.45, 7) is 6.69. The first-order valence-electron chi connectivity index (χ1n) is 6.37. The normalized spacial score (nSPS) is 18.1. The molecule has 1 saturated heterocycles. The van der Waals surface area contributed by atoms with E-state index in [1.54, 1.807) is 6.26 Å². The average Bonchev–Trinajstić information content (AvgIpc) is 2.83. The largest absolute Gasteiger partial charge is 0.468 e. The molecular formula is C13H22N2O. The van der Waals surface area contributed by atoms with Crippen LogP contribution in [-0.2, 0) is 6.54 Å². The summed E-state index contributed by atoms with van der Waals surface area (Å²) in [5, 5.41) is 3.42. The summed E-state index contributed by atoms with van der Waals surface area (Å²) in [6.07, 6.45) is 5.51. The van der Waals surface area contributed by atoms with Gasteiger partial charge in [-0.3, -0.25) is 4.90 Å². The predicted molar refractivity (Wildman–Crippen MR) is 65.3 cm³/mol. The zero-order valence-electron chi connectivity index (χ0n) is 10.1. The van der Waals surface area contributed by atoms with Gasteiger partial charge in [-0.05, 0) is 51.0 Å². The monoisotopic (exact) mass is 222 g/mol. The lowest BCUT2D eigenvalue weighted by atomic mass is 10.0. The van der Waals surface area contributed by atoms with E-state index >= 15 is 0 Å². The van der Waals surface area contributed by atoms with Crippen molar-refractivity contribution in [3.05, 3.63) is 24.2 Å². The van der Waals surface area contributed by atoms with E-state index in [9.17, 15) is 0 Å². The maximum absolute atomic E-state index is 5.44. The average molecular weight is 222 g/mol. The Kier molecular flexibility index (Phi) is 4.43. The first-order chi connectivity index (χ1) is 7.90. The van der Waals surface area contributed by atoms with E-state index in [0.717, 1.165) is 31.4 Å². The molecule has 0 aliphatic carbocycles. The van der Waals surface area contributed by atoms with Gasteiger partial charge in [0.05, 0.1) is 12.8 Å². The fourth-order valence-corrected chi connectivity index (χ4v) is 2.45. The fraction of sp³-hybridized carbons (Fsp3) is 0.692. The van der Waals surface area contributed by atoms with E-state index in [1.165, 1.54) is 25.8 Å². The van der Waals surface area contributed by atoms with Crippen LogP contribution in [0.15, 0.2) is 22.8 Å². The van der Waals surface area contributed by atoms with Gasteiger partial charge in [0.2, 0.25) is 0 Å². The van der Waals surface area contributed by atoms with Crippen molar-refractivity contribution in [1.82, 2.24) is 10.2 Å². The van der Waals surface area contributed by atoms with E-state index in [-0.39, 0.29) is 0 Å². The van der Waals surface area contributed by atoms with Gasteiger partial charge in [0.1, 0.15) is 5.76 Å². The van der Waals surface area contributed by atoms with Crippen LogP contribution < -0.4 is 5.32 Å². The van der Waals surface area contributed by atoms with E-state index in [1.807, 2.05) is 6.07 Å². The zero-order valence-corrected chi connectivity index (χ0v) is 10.1. The highest BCUT2D eigenvalue weighted by Gasteiger charge is 2.20. The van der Waals surface area contributed by atoms with E-state index in [4.69, 9.17) is 4.42 Å². The second-order valence-corrected chi connectivity index (χ2v) is 4.53. The summed E-state index contributed by atoms with van der Waals surface area (Å²) in [4.78, 5) is 2.57. The Morgan fingerprint density at radius 3 is 2.88 bits per heavy atom. The lowest BCUT2D eigenvalue weighted by Gasteiger charge is -2.33. The van der Waals surface area contributed by atoms with Gasteiger partial charge in [0.15, 0.2) is 0 Å². The smallest absolute Gasteiger partial charge is 0.117 e. The molecule has 0 radical (unpaired) electrons. The molecule has 1 aromatic heterocycles. The quantitative estimate of drug-likeness (QED) is 0.828. The van der Waals surface area contributed by atoms with Gasteiger partial charge in [0, 0.05) is 6.04 Å². The number of nitrogens with one attached hydrogen (secondary N) is 1. The van der Waals surface area contributed by atoms with Crippen LogP contribution in [0, 0.1) is 0 Å². The molecule has 0 saturated carbocycles. The summed E-state index contributed by atoms with van der Waals surface area (Å²) in [5.74, 6) is 1.09. The van der Waals surface area contributed by atoms with E-state index in [0.29, 0.717) is 0 Å². The third-order valence-corrected chi connectivity index (χ3v) is 3.27. The van der Waals surface area contributed by atoms with Crippen molar-refractivity contribution < 1.29 is 4.42 Å². The minimum Gasteiger partial charge on any atom is -0.468 e. The third kappa shape index (κ3) is 3.09. The van der Waals surface area contributed by atoms with Crippen LogP contribution in [0.5, 0.6) is 0 Å². The molecule has 1 fully saturated rings. The molecule has 3 heteroatoms. The van der Waals surface area contributed by atoms with Gasteiger partial charge < -0.3 is 9.73 Å². The van der Waals surface area contributed by atoms with Gasteiger partial charge in [-0.1, -0.05) is 6.92 Å². The molecule has 1 N–H and O–H groups in total. The number of hydrogen-bond donors (Lipinski definition) is 1. The molecular weight excluding hydrogens is 200 g/mol. The SMILES string of the molecule is CCCN(Cc1ccco1)C1CCNCC1. The fourth-order valence-electron chi connectivity index (χ4n) is 2.45. The van der Waals surface area contributed by atoms with Crippen molar-refractivity contribution in [3.63, 3.8) is 0 Å². The van der Waals surface area contributed by atoms with Crippen LogP contribution in [0.3, 0.4) is 0 Å². The molecule has 0 atom stereocenters. The van der Waals surface area contributed by atoms with Gasteiger partial charge in [-0.15, -0.1) is 0 Å². The maximum Gasteiger partial charge on any atom is 0.117 e. The minimum absolute atomic E-state index is 0.728. The number of hydrogen-bond acceptors (Lipinski definition) is 3. The molecule has 0 spiro atoms. The number of rotatable bonds is 5. The Labute approximate surface area is 97.8 Å². The van der Waals surface area contributed by atoms with Crippen LogP contribution in [0.25, 0.3) is 0 Å². The molecule has 16 heavy (non-hydrogen) atoms. The Morgan fingerprint density at radius 1 is 1.44 bits per heavy atom. The summed E-state index contributed by atoms with van der Waals surface area (Å²) in [6, 6.07) is 4.78. The highest BCUT2D eigenvalue weighted by atomic mass is 16.3. The van der Waals surface area contributed by atoms with Gasteiger partial charge in [0.25, 0.3) is 0 Å². The molecule has 0 aromatic carbocycles. The molecule has 1 aromatic rings. The van der Waals surface area contributed by atoms with Crippen molar-refractivity contribution in [1.29, 1.82) is 0 Å². The Hall–Kier alpha value is -0.800. The van der Waals surface area contributed by atoms with Crippen molar-refractivity contribution in [2.24, 2.45) is 0 Å². The van der Waals surface area contributed by atoms with Crippen molar-refractivity contribution in [3.8, 4) is 0 Å². The first kappa shape index (κ1) is 11.7. The molecule has 2 heterocycles. The Balaban J connectivity index is 1.92. The highest BCUT2D eigenvalue weighted by Crippen LogP contribution is 2.16. The molecule has 0 bridgehead atoms. The minimum atomic E-state index is 0.728. The lowest BCUT2D eigenvalue weighted by molar-refractivity contribution is 0.143. The first-order valence-corrected chi connectivity index (χ1v) is 6.37. The lowest BCUT2D eigenvalue weighted by Crippen LogP contribution is -2.43. The molecule has 2 rings (SSSR count). The predicted octanol–water partition coefficient (Wildman–Crippen LogP) is 2.24. The second-order valence-electron chi connectivity index (χ2n) is 4.53. The highest BCUT2D eigenvalue weighted by molar-refractivity contribution is 4.98. The summed E-state index contributed by atoms with van der Waals surface area (Å²) in [7, 11) is 0. The molecule has 3 nitrogen and oxygen atoms in total. The van der Waals surface area contributed by atoms with Crippen LogP contribution in [0.2, 0.25) is 0 Å². The number of piperidine rings is 1. The molecule has 1 aliphatic heterocycles. The Bertz CT molecular complexity index is 278. The zero-order chi connectivity index (χ0) is 11.2. The van der Waals surface area contributed by atoms with Gasteiger partial charge >= 0.3 is 0 Å². The van der Waals surface area contributed by atoms with Crippen molar-refractivity contribution in [2.45, 2.75) is 38.8 Å². The Morgan fingerprint density at radius 2 is 2.25 bits per heavy atom. The summed E-state index contributed by atoms with van der Waals surface area (Å²) < 4.78 is 5.44. The summed E-state index contributed by atoms with van der Waals surface area (Å²) >= 11 is 0. The third-order valence-electron chi connectivity index (χ3n) is 3.27. The van der Waals surface area contributed by atoms with Crippen molar-refractivity contribution in [2.75, 3.05) is 19.6 Å². The molecule has 90 valence electrons. The topological polar surface area (TPSA) is 28.4 Å². The van der Waals surface area contributed by atoms with Gasteiger partial charge in [-0.25, -0.2) is 0 Å². The molecule has 0 amide bonds. The van der Waals surface area contributed by atoms with Crippen molar-refractivity contribution >= 4 is 0 Å². The van der Waals surface area contributed by atoms with Crippen LogP contribution in [0.4, 0.5) is 0 Å².